The highest BCUT2D eigenvalue weighted by atomic mass is 16.2. The zero-order valence-electron chi connectivity index (χ0n) is 16.4. The fourth-order valence-electron chi connectivity index (χ4n) is 3.99. The van der Waals surface area contributed by atoms with Gasteiger partial charge in [0.1, 0.15) is 6.54 Å². The van der Waals surface area contributed by atoms with E-state index in [9.17, 15) is 14.4 Å². The third kappa shape index (κ3) is 4.01. The van der Waals surface area contributed by atoms with Gasteiger partial charge in [0.25, 0.3) is 5.56 Å². The molecule has 1 amide bonds. The number of para-hydroxylation sites is 1. The minimum absolute atomic E-state index is 0.0367. The number of rotatable bonds is 5. The summed E-state index contributed by atoms with van der Waals surface area (Å²) in [7, 11) is 0. The Morgan fingerprint density at radius 1 is 0.828 bits per heavy atom. The van der Waals surface area contributed by atoms with Crippen LogP contribution in [-0.4, -0.2) is 33.0 Å². The molecule has 1 saturated heterocycles. The summed E-state index contributed by atoms with van der Waals surface area (Å²) in [5.41, 5.74) is 0.852. The van der Waals surface area contributed by atoms with E-state index in [0.717, 1.165) is 37.9 Å². The predicted molar refractivity (Wildman–Crippen MR) is 113 cm³/mol. The maximum Gasteiger partial charge on any atom is 0.331 e. The molecule has 1 aliphatic rings. The van der Waals surface area contributed by atoms with Gasteiger partial charge in [0, 0.05) is 19.6 Å². The minimum atomic E-state index is -0.421. The average Bonchev–Trinajstić information content (AvgIpc) is 2.78. The smallest absolute Gasteiger partial charge is 0.331 e. The van der Waals surface area contributed by atoms with Crippen molar-refractivity contribution in [2.45, 2.75) is 38.8 Å². The molecule has 2 heterocycles. The van der Waals surface area contributed by atoms with E-state index in [1.807, 2.05) is 35.2 Å². The second-order valence-corrected chi connectivity index (χ2v) is 7.52. The molecule has 0 radical (unpaired) electrons. The summed E-state index contributed by atoms with van der Waals surface area (Å²) in [6, 6.07) is 16.8. The van der Waals surface area contributed by atoms with E-state index in [-0.39, 0.29) is 24.6 Å². The Bertz CT molecular complexity index is 1130. The first kappa shape index (κ1) is 19.2. The quantitative estimate of drug-likeness (QED) is 0.671. The van der Waals surface area contributed by atoms with Crippen LogP contribution in [0.2, 0.25) is 0 Å². The first-order chi connectivity index (χ1) is 14.1. The predicted octanol–water partition coefficient (Wildman–Crippen LogP) is 2.42. The fourth-order valence-corrected chi connectivity index (χ4v) is 3.99. The summed E-state index contributed by atoms with van der Waals surface area (Å²) in [6.07, 6.45) is 3.71. The van der Waals surface area contributed by atoms with Crippen LogP contribution in [0.5, 0.6) is 0 Å². The van der Waals surface area contributed by atoms with Crippen LogP contribution >= 0.6 is 0 Å². The Morgan fingerprint density at radius 3 is 2.28 bits per heavy atom. The number of nitrogens with zero attached hydrogens (tertiary/aromatic N) is 3. The largest absolute Gasteiger partial charge is 0.341 e. The lowest BCUT2D eigenvalue weighted by molar-refractivity contribution is -0.132. The molecule has 0 unspecified atom stereocenters. The third-order valence-corrected chi connectivity index (χ3v) is 5.60. The van der Waals surface area contributed by atoms with Gasteiger partial charge in [0.05, 0.1) is 10.9 Å². The Morgan fingerprint density at radius 2 is 1.52 bits per heavy atom. The molecule has 6 heteroatoms. The van der Waals surface area contributed by atoms with Gasteiger partial charge in [-0.15, -0.1) is 0 Å². The van der Waals surface area contributed by atoms with E-state index in [0.29, 0.717) is 17.3 Å². The fraction of sp³-hybridized carbons (Fsp3) is 0.348. The van der Waals surface area contributed by atoms with Gasteiger partial charge >= 0.3 is 5.69 Å². The Labute approximate surface area is 169 Å². The number of likely N-dealkylation sites (tertiary alicyclic amines) is 1. The van der Waals surface area contributed by atoms with Crippen molar-refractivity contribution in [1.29, 1.82) is 0 Å². The molecule has 0 atom stereocenters. The number of amides is 1. The zero-order valence-corrected chi connectivity index (χ0v) is 16.4. The first-order valence-electron chi connectivity index (χ1n) is 10.2. The monoisotopic (exact) mass is 391 g/mol. The Balaban J connectivity index is 1.71. The summed E-state index contributed by atoms with van der Waals surface area (Å²) < 4.78 is 2.72. The number of aryl methyl sites for hydroxylation is 1. The molecule has 0 aliphatic carbocycles. The first-order valence-corrected chi connectivity index (χ1v) is 10.2. The molecule has 1 fully saturated rings. The van der Waals surface area contributed by atoms with Crippen molar-refractivity contribution in [3.8, 4) is 0 Å². The van der Waals surface area contributed by atoms with Crippen molar-refractivity contribution in [1.82, 2.24) is 14.0 Å². The van der Waals surface area contributed by atoms with Crippen LogP contribution in [0.25, 0.3) is 10.9 Å². The SMILES string of the molecule is O=C(Cn1c(=O)n(CCc2ccccc2)c(=O)c2ccccc21)N1CCCCC1. The van der Waals surface area contributed by atoms with Gasteiger partial charge in [-0.1, -0.05) is 42.5 Å². The molecule has 29 heavy (non-hydrogen) atoms. The van der Waals surface area contributed by atoms with Crippen molar-refractivity contribution in [3.63, 3.8) is 0 Å². The Hall–Kier alpha value is -3.15. The second-order valence-electron chi connectivity index (χ2n) is 7.52. The van der Waals surface area contributed by atoms with Crippen LogP contribution in [0.15, 0.2) is 64.2 Å². The van der Waals surface area contributed by atoms with Crippen LogP contribution < -0.4 is 11.2 Å². The van der Waals surface area contributed by atoms with Crippen LogP contribution in [0.4, 0.5) is 0 Å². The number of carbonyl (C=O) groups is 1. The van der Waals surface area contributed by atoms with Crippen molar-refractivity contribution in [2.24, 2.45) is 0 Å². The van der Waals surface area contributed by atoms with Gasteiger partial charge in [-0.25, -0.2) is 4.79 Å². The minimum Gasteiger partial charge on any atom is -0.341 e. The second kappa shape index (κ2) is 8.47. The van der Waals surface area contributed by atoms with E-state index in [1.54, 1.807) is 24.3 Å². The summed E-state index contributed by atoms with van der Waals surface area (Å²) >= 11 is 0. The molecule has 0 spiro atoms. The molecule has 1 aromatic heterocycles. The van der Waals surface area contributed by atoms with Gasteiger partial charge in [-0.3, -0.25) is 18.7 Å². The van der Waals surface area contributed by atoms with E-state index in [2.05, 4.69) is 0 Å². The molecule has 4 rings (SSSR count). The average molecular weight is 391 g/mol. The normalized spacial score (nSPS) is 14.3. The highest BCUT2D eigenvalue weighted by Crippen LogP contribution is 2.12. The van der Waals surface area contributed by atoms with Gasteiger partial charge < -0.3 is 4.90 Å². The van der Waals surface area contributed by atoms with Gasteiger partial charge in [0.15, 0.2) is 0 Å². The maximum atomic E-state index is 13.2. The van der Waals surface area contributed by atoms with E-state index < -0.39 is 5.69 Å². The van der Waals surface area contributed by atoms with Crippen LogP contribution in [0.3, 0.4) is 0 Å². The molecule has 150 valence electrons. The number of fused-ring (bicyclic) bond motifs is 1. The number of hydrogen-bond acceptors (Lipinski definition) is 3. The lowest BCUT2D eigenvalue weighted by atomic mass is 10.1. The number of carbonyl (C=O) groups excluding carboxylic acids is 1. The standard InChI is InChI=1S/C23H25N3O3/c27-21(24-14-7-2-8-15-24)17-26-20-12-6-5-11-19(20)22(28)25(23(26)29)16-13-18-9-3-1-4-10-18/h1,3-6,9-12H,2,7-8,13-17H2. The van der Waals surface area contributed by atoms with Crippen LogP contribution in [-0.2, 0) is 24.3 Å². The highest BCUT2D eigenvalue weighted by molar-refractivity contribution is 5.81. The summed E-state index contributed by atoms with van der Waals surface area (Å²) in [5.74, 6) is -0.0646. The van der Waals surface area contributed by atoms with Crippen LogP contribution in [0, 0.1) is 0 Å². The van der Waals surface area contributed by atoms with Crippen molar-refractivity contribution in [2.75, 3.05) is 13.1 Å². The lowest BCUT2D eigenvalue weighted by Crippen LogP contribution is -2.44. The third-order valence-electron chi connectivity index (χ3n) is 5.60. The summed E-state index contributed by atoms with van der Waals surface area (Å²) in [6.45, 7) is 1.72. The van der Waals surface area contributed by atoms with Crippen molar-refractivity contribution in [3.05, 3.63) is 81.0 Å². The van der Waals surface area contributed by atoms with Crippen LogP contribution in [0.1, 0.15) is 24.8 Å². The Kier molecular flexibility index (Phi) is 5.60. The topological polar surface area (TPSA) is 64.3 Å². The molecule has 3 aromatic rings. The van der Waals surface area contributed by atoms with Crippen molar-refractivity contribution < 1.29 is 4.79 Å². The molecule has 0 bridgehead atoms. The molecule has 1 aliphatic heterocycles. The van der Waals surface area contributed by atoms with Gasteiger partial charge in [0.2, 0.25) is 5.91 Å². The number of hydrogen-bond donors (Lipinski definition) is 0. The van der Waals surface area contributed by atoms with Crippen molar-refractivity contribution >= 4 is 16.8 Å². The maximum absolute atomic E-state index is 13.2. The molecule has 6 nitrogen and oxygen atoms in total. The number of piperidine rings is 1. The molecular formula is C23H25N3O3. The van der Waals surface area contributed by atoms with Gasteiger partial charge in [-0.2, -0.15) is 0 Å². The summed E-state index contributed by atoms with van der Waals surface area (Å²) in [5, 5.41) is 0.464. The molecule has 0 N–H and O–H groups in total. The zero-order chi connectivity index (χ0) is 20.2. The lowest BCUT2D eigenvalue weighted by Gasteiger charge is -2.27. The highest BCUT2D eigenvalue weighted by Gasteiger charge is 2.20. The molecule has 2 aromatic carbocycles. The van der Waals surface area contributed by atoms with Gasteiger partial charge in [-0.05, 0) is 43.4 Å². The van der Waals surface area contributed by atoms with E-state index in [4.69, 9.17) is 0 Å². The summed E-state index contributed by atoms with van der Waals surface area (Å²) in [4.78, 5) is 40.8. The van der Waals surface area contributed by atoms with E-state index in [1.165, 1.54) is 9.13 Å². The molecular weight excluding hydrogens is 366 g/mol. The number of aromatic nitrogens is 2. The van der Waals surface area contributed by atoms with E-state index >= 15 is 0 Å². The molecule has 0 saturated carbocycles. The number of benzene rings is 2.